The fraction of sp³-hybridized carbons (Fsp3) is 0.273. The summed E-state index contributed by atoms with van der Waals surface area (Å²) in [6, 6.07) is 8.57. The van der Waals surface area contributed by atoms with E-state index in [0.29, 0.717) is 41.8 Å². The molecular weight excluding hydrogens is 410 g/mol. The summed E-state index contributed by atoms with van der Waals surface area (Å²) in [5.74, 6) is 0.850. The van der Waals surface area contributed by atoms with E-state index in [9.17, 15) is 4.79 Å². The number of carbonyl (C=O) groups excluding carboxylic acids is 1. The van der Waals surface area contributed by atoms with E-state index >= 15 is 0 Å². The van der Waals surface area contributed by atoms with Gasteiger partial charge in [0, 0.05) is 24.9 Å². The Kier molecular flexibility index (Phi) is 7.33. The summed E-state index contributed by atoms with van der Waals surface area (Å²) in [5.41, 5.74) is 0.849. The number of terminal acetylenes is 1. The maximum absolute atomic E-state index is 13.3. The van der Waals surface area contributed by atoms with Crippen molar-refractivity contribution in [3.63, 3.8) is 0 Å². The highest BCUT2D eigenvalue weighted by molar-refractivity contribution is 5.97. The van der Waals surface area contributed by atoms with Crippen molar-refractivity contribution in [2.75, 3.05) is 20.2 Å². The van der Waals surface area contributed by atoms with Crippen LogP contribution in [0, 0.1) is 24.2 Å². The first-order valence-corrected chi connectivity index (χ1v) is 9.75. The van der Waals surface area contributed by atoms with E-state index in [1.807, 2.05) is 0 Å². The number of carbonyl (C=O) groups is 1. The number of likely N-dealkylation sites (tertiary alicyclic amines) is 1. The molecule has 1 fully saturated rings. The Morgan fingerprint density at radius 1 is 1.19 bits per heavy atom. The first kappa shape index (κ1) is 22.2. The molecule has 10 nitrogen and oxygen atoms in total. The molecule has 0 spiro atoms. The van der Waals surface area contributed by atoms with Crippen LogP contribution in [0.3, 0.4) is 0 Å². The minimum absolute atomic E-state index is 0.190. The van der Waals surface area contributed by atoms with Crippen LogP contribution >= 0.6 is 0 Å². The summed E-state index contributed by atoms with van der Waals surface area (Å²) in [6.07, 6.45) is 13.9. The lowest BCUT2D eigenvalue weighted by molar-refractivity contribution is 0.0527. The number of pyridine rings is 2. The zero-order chi connectivity index (χ0) is 22.9. The summed E-state index contributed by atoms with van der Waals surface area (Å²) in [7, 11) is 1.51. The molecule has 0 radical (unpaired) electrons. The van der Waals surface area contributed by atoms with Gasteiger partial charge in [-0.15, -0.1) is 17.6 Å². The number of hydrogen-bond donors (Lipinski definition) is 0. The molecule has 162 valence electrons. The van der Waals surface area contributed by atoms with Gasteiger partial charge >= 0.3 is 0 Å². The lowest BCUT2D eigenvalue weighted by atomic mass is 10.1. The largest absolute Gasteiger partial charge is 0.481 e. The van der Waals surface area contributed by atoms with Crippen molar-refractivity contribution in [1.82, 2.24) is 29.9 Å². The Morgan fingerprint density at radius 2 is 1.97 bits per heavy atom. The summed E-state index contributed by atoms with van der Waals surface area (Å²) in [5, 5.41) is 17.2. The van der Waals surface area contributed by atoms with Crippen LogP contribution in [0.4, 0.5) is 0 Å². The molecule has 0 aromatic carbocycles. The second-order valence-corrected chi connectivity index (χ2v) is 6.67. The van der Waals surface area contributed by atoms with E-state index in [1.165, 1.54) is 30.5 Å². The number of hydrogen-bond acceptors (Lipinski definition) is 8. The number of amides is 1. The fourth-order valence-electron chi connectivity index (χ4n) is 3.29. The maximum Gasteiger partial charge on any atom is 0.257 e. The zero-order valence-electron chi connectivity index (χ0n) is 17.5. The Labute approximate surface area is 185 Å². The quantitative estimate of drug-likeness (QED) is 0.562. The molecule has 1 aliphatic heterocycles. The van der Waals surface area contributed by atoms with Gasteiger partial charge in [0.05, 0.1) is 43.2 Å². The fourth-order valence-corrected chi connectivity index (χ4v) is 3.29. The third-order valence-corrected chi connectivity index (χ3v) is 4.71. The van der Waals surface area contributed by atoms with Crippen molar-refractivity contribution < 1.29 is 14.3 Å². The Morgan fingerprint density at radius 3 is 2.69 bits per heavy atom. The molecule has 0 bridgehead atoms. The van der Waals surface area contributed by atoms with Crippen molar-refractivity contribution in [3.05, 3.63) is 54.0 Å². The average molecular weight is 431 g/mol. The van der Waals surface area contributed by atoms with Crippen molar-refractivity contribution in [3.8, 4) is 36.5 Å². The second-order valence-electron chi connectivity index (χ2n) is 6.67. The monoisotopic (exact) mass is 431 g/mol. The topological polar surface area (TPSA) is 119 Å². The normalized spacial score (nSPS) is 15.1. The van der Waals surface area contributed by atoms with Crippen molar-refractivity contribution in [1.29, 1.82) is 5.26 Å². The summed E-state index contributed by atoms with van der Waals surface area (Å²) in [4.78, 5) is 24.8. The van der Waals surface area contributed by atoms with Gasteiger partial charge in [-0.3, -0.25) is 4.79 Å². The molecule has 1 atom stereocenters. The van der Waals surface area contributed by atoms with Gasteiger partial charge in [-0.1, -0.05) is 0 Å². The summed E-state index contributed by atoms with van der Waals surface area (Å²) < 4.78 is 11.1. The maximum atomic E-state index is 13.3. The second kappa shape index (κ2) is 10.5. The van der Waals surface area contributed by atoms with Crippen LogP contribution in [-0.2, 0) is 0 Å². The van der Waals surface area contributed by atoms with Crippen molar-refractivity contribution >= 4 is 5.91 Å². The third kappa shape index (κ3) is 4.99. The van der Waals surface area contributed by atoms with Gasteiger partial charge < -0.3 is 14.4 Å². The Bertz CT molecular complexity index is 1120. The molecule has 0 saturated carbocycles. The number of ether oxygens (including phenoxy) is 2. The molecule has 1 saturated heterocycles. The first-order valence-electron chi connectivity index (χ1n) is 9.75. The highest BCUT2D eigenvalue weighted by Gasteiger charge is 2.28. The van der Waals surface area contributed by atoms with E-state index in [1.54, 1.807) is 29.2 Å². The number of piperidine rings is 1. The van der Waals surface area contributed by atoms with Crippen LogP contribution < -0.4 is 9.47 Å². The van der Waals surface area contributed by atoms with Crippen LogP contribution in [0.2, 0.25) is 0 Å². The van der Waals surface area contributed by atoms with E-state index in [2.05, 4.69) is 39.1 Å². The number of aromatic nitrogens is 5. The van der Waals surface area contributed by atoms with Gasteiger partial charge in [0.1, 0.15) is 6.10 Å². The van der Waals surface area contributed by atoms with Crippen LogP contribution in [0.25, 0.3) is 5.82 Å². The van der Waals surface area contributed by atoms with Gasteiger partial charge in [0.2, 0.25) is 11.8 Å². The van der Waals surface area contributed by atoms with E-state index in [0.717, 1.165) is 12.8 Å². The van der Waals surface area contributed by atoms with Gasteiger partial charge in [0.15, 0.2) is 5.82 Å². The Balaban J connectivity index is 0.00000141. The number of nitrogens with zero attached hydrogens (tertiary/aromatic N) is 7. The van der Waals surface area contributed by atoms with Crippen LogP contribution in [0.15, 0.2) is 42.9 Å². The standard InChI is InChI=1S/C20H19N7O3.C2H2/c1-29-17-5-4-16(19(25-17)27-23-8-9-24-27)20(28)26-10-2-3-15(13-26)30-18-11-14(12-21)6-7-22-18;1-2/h4-9,11,15H,2-3,10,13H2,1H3;1-2H/t15-;/m1./s1. The lowest BCUT2D eigenvalue weighted by Gasteiger charge is -2.32. The molecule has 4 heterocycles. The molecule has 0 aliphatic carbocycles. The number of methoxy groups -OCH3 is 1. The molecule has 0 N–H and O–H groups in total. The van der Waals surface area contributed by atoms with Crippen LogP contribution in [0.5, 0.6) is 11.8 Å². The van der Waals surface area contributed by atoms with E-state index in [4.69, 9.17) is 14.7 Å². The van der Waals surface area contributed by atoms with Gasteiger partial charge in [0.25, 0.3) is 5.91 Å². The average Bonchev–Trinajstić information content (AvgIpc) is 3.40. The predicted octanol–water partition coefficient (Wildman–Crippen LogP) is 1.87. The first-order chi connectivity index (χ1) is 15.7. The molecule has 10 heteroatoms. The van der Waals surface area contributed by atoms with Crippen molar-refractivity contribution in [2.24, 2.45) is 0 Å². The van der Waals surface area contributed by atoms with Crippen LogP contribution in [0.1, 0.15) is 28.8 Å². The molecule has 1 aliphatic rings. The molecule has 32 heavy (non-hydrogen) atoms. The Hall–Kier alpha value is -4.44. The third-order valence-electron chi connectivity index (χ3n) is 4.71. The molecule has 3 aromatic heterocycles. The molecule has 4 rings (SSSR count). The smallest absolute Gasteiger partial charge is 0.257 e. The highest BCUT2D eigenvalue weighted by atomic mass is 16.5. The SMILES string of the molecule is C#C.COc1ccc(C(=O)N2CCC[C@@H](Oc3cc(C#N)ccn3)C2)c(-n2nccn2)n1. The van der Waals surface area contributed by atoms with Gasteiger partial charge in [-0.2, -0.15) is 20.4 Å². The minimum Gasteiger partial charge on any atom is -0.481 e. The van der Waals surface area contributed by atoms with Crippen molar-refractivity contribution in [2.45, 2.75) is 18.9 Å². The minimum atomic E-state index is -0.221. The highest BCUT2D eigenvalue weighted by Crippen LogP contribution is 2.22. The lowest BCUT2D eigenvalue weighted by Crippen LogP contribution is -2.44. The predicted molar refractivity (Wildman–Crippen MR) is 114 cm³/mol. The van der Waals surface area contributed by atoms with E-state index in [-0.39, 0.29) is 12.0 Å². The summed E-state index contributed by atoms with van der Waals surface area (Å²) in [6.45, 7) is 0.998. The number of rotatable bonds is 5. The summed E-state index contributed by atoms with van der Waals surface area (Å²) >= 11 is 0. The molecule has 1 amide bonds. The molecule has 0 unspecified atom stereocenters. The molecule has 3 aromatic rings. The number of nitriles is 1. The van der Waals surface area contributed by atoms with Crippen LogP contribution in [-0.4, -0.2) is 62.1 Å². The zero-order valence-corrected chi connectivity index (χ0v) is 17.5. The van der Waals surface area contributed by atoms with Gasteiger partial charge in [-0.05, 0) is 25.0 Å². The van der Waals surface area contributed by atoms with Gasteiger partial charge in [-0.25, -0.2) is 4.98 Å². The van der Waals surface area contributed by atoms with E-state index < -0.39 is 0 Å². The molecular formula is C22H21N7O3.